The van der Waals surface area contributed by atoms with Gasteiger partial charge in [-0.25, -0.2) is 0 Å². The molecular weight excluding hydrogens is 284 g/mol. The highest BCUT2D eigenvalue weighted by Crippen LogP contribution is 2.38. The monoisotopic (exact) mass is 290 g/mol. The molecule has 2 aromatic carbocycles. The van der Waals surface area contributed by atoms with Gasteiger partial charge in [-0.15, -0.1) is 0 Å². The molecular formula is C13H7Cl2F3. The summed E-state index contributed by atoms with van der Waals surface area (Å²) in [5, 5.41) is 0.0752. The maximum absolute atomic E-state index is 12.7. The second-order valence-electron chi connectivity index (χ2n) is 3.67. The Morgan fingerprint density at radius 2 is 1.50 bits per heavy atom. The molecule has 18 heavy (non-hydrogen) atoms. The van der Waals surface area contributed by atoms with Crippen LogP contribution in [0.4, 0.5) is 13.2 Å². The Labute approximate surface area is 112 Å². The summed E-state index contributed by atoms with van der Waals surface area (Å²) in [5.74, 6) is 0. The van der Waals surface area contributed by atoms with Crippen LogP contribution in [0, 0.1) is 0 Å². The number of hydrogen-bond donors (Lipinski definition) is 0. The molecule has 0 saturated heterocycles. The van der Waals surface area contributed by atoms with E-state index in [1.165, 1.54) is 12.1 Å². The molecule has 0 N–H and O–H groups in total. The normalized spacial score (nSPS) is 11.6. The van der Waals surface area contributed by atoms with Crippen molar-refractivity contribution < 1.29 is 13.2 Å². The molecule has 0 radical (unpaired) electrons. The van der Waals surface area contributed by atoms with Crippen molar-refractivity contribution >= 4 is 23.2 Å². The van der Waals surface area contributed by atoms with E-state index in [-0.39, 0.29) is 5.02 Å². The van der Waals surface area contributed by atoms with Gasteiger partial charge in [0.15, 0.2) is 0 Å². The second kappa shape index (κ2) is 4.82. The van der Waals surface area contributed by atoms with Gasteiger partial charge in [-0.3, -0.25) is 0 Å². The van der Waals surface area contributed by atoms with Crippen molar-refractivity contribution in [3.8, 4) is 11.1 Å². The van der Waals surface area contributed by atoms with Gasteiger partial charge in [0.1, 0.15) is 0 Å². The predicted molar refractivity (Wildman–Crippen MR) is 66.9 cm³/mol. The molecule has 2 aromatic rings. The third kappa shape index (κ3) is 2.62. The molecule has 0 aliphatic heterocycles. The lowest BCUT2D eigenvalue weighted by Gasteiger charge is -2.11. The minimum absolute atomic E-state index is 0.321. The highest BCUT2D eigenvalue weighted by molar-refractivity contribution is 6.33. The first-order chi connectivity index (χ1) is 8.39. The Kier molecular flexibility index (Phi) is 3.55. The van der Waals surface area contributed by atoms with E-state index in [0.717, 1.165) is 6.07 Å². The molecule has 5 heteroatoms. The van der Waals surface area contributed by atoms with Crippen molar-refractivity contribution in [1.82, 2.24) is 0 Å². The van der Waals surface area contributed by atoms with E-state index >= 15 is 0 Å². The van der Waals surface area contributed by atoms with Gasteiger partial charge < -0.3 is 0 Å². The Morgan fingerprint density at radius 1 is 0.833 bits per heavy atom. The van der Waals surface area contributed by atoms with E-state index in [1.54, 1.807) is 24.3 Å². The number of rotatable bonds is 1. The zero-order chi connectivity index (χ0) is 13.3. The first-order valence-corrected chi connectivity index (χ1v) is 5.77. The molecule has 2 rings (SSSR count). The fourth-order valence-electron chi connectivity index (χ4n) is 1.61. The lowest BCUT2D eigenvalue weighted by Crippen LogP contribution is -2.05. The van der Waals surface area contributed by atoms with Crippen LogP contribution in [0.5, 0.6) is 0 Å². The summed E-state index contributed by atoms with van der Waals surface area (Å²) in [6.07, 6.45) is -4.48. The van der Waals surface area contributed by atoms with Crippen LogP contribution >= 0.6 is 23.2 Å². The molecule has 0 aromatic heterocycles. The van der Waals surface area contributed by atoms with E-state index in [2.05, 4.69) is 0 Å². The summed E-state index contributed by atoms with van der Waals surface area (Å²) in [4.78, 5) is 0. The van der Waals surface area contributed by atoms with Crippen LogP contribution in [-0.4, -0.2) is 0 Å². The minimum atomic E-state index is -4.48. The third-order valence-electron chi connectivity index (χ3n) is 2.46. The van der Waals surface area contributed by atoms with Crippen molar-refractivity contribution in [2.75, 3.05) is 0 Å². The lowest BCUT2D eigenvalue weighted by atomic mass is 10.0. The molecule has 0 spiro atoms. The zero-order valence-corrected chi connectivity index (χ0v) is 10.4. The molecule has 94 valence electrons. The quantitative estimate of drug-likeness (QED) is 0.634. The summed E-state index contributed by atoms with van der Waals surface area (Å²) in [5.41, 5.74) is 0.0697. The Hall–Kier alpha value is -1.19. The number of alkyl halides is 3. The predicted octanol–water partition coefficient (Wildman–Crippen LogP) is 5.68. The van der Waals surface area contributed by atoms with Crippen molar-refractivity contribution in [2.45, 2.75) is 6.18 Å². The standard InChI is InChI=1S/C13H7Cl2F3/c14-11-4-2-1-3-9(11)8-5-6-12(15)10(7-8)13(16,17)18/h1-7H. The fourth-order valence-corrected chi connectivity index (χ4v) is 2.07. The van der Waals surface area contributed by atoms with E-state index in [9.17, 15) is 13.2 Å². The Morgan fingerprint density at radius 3 is 2.11 bits per heavy atom. The molecule has 0 unspecified atom stereocenters. The maximum Gasteiger partial charge on any atom is 0.417 e. The average molecular weight is 291 g/mol. The largest absolute Gasteiger partial charge is 0.417 e. The van der Waals surface area contributed by atoms with E-state index < -0.39 is 11.7 Å². The Bertz CT molecular complexity index is 577. The van der Waals surface area contributed by atoms with E-state index in [1.807, 2.05) is 0 Å². The molecule has 0 saturated carbocycles. The van der Waals surface area contributed by atoms with Crippen molar-refractivity contribution in [3.63, 3.8) is 0 Å². The number of halogens is 5. The van der Waals surface area contributed by atoms with Crippen LogP contribution in [0.3, 0.4) is 0 Å². The van der Waals surface area contributed by atoms with E-state index in [4.69, 9.17) is 23.2 Å². The van der Waals surface area contributed by atoms with Crippen LogP contribution in [0.15, 0.2) is 42.5 Å². The second-order valence-corrected chi connectivity index (χ2v) is 4.49. The SMILES string of the molecule is FC(F)(F)c1cc(-c2ccccc2Cl)ccc1Cl. The van der Waals surface area contributed by atoms with Crippen molar-refractivity contribution in [1.29, 1.82) is 0 Å². The molecule has 0 aliphatic carbocycles. The molecule has 0 nitrogen and oxygen atoms in total. The van der Waals surface area contributed by atoms with Gasteiger partial charge in [-0.05, 0) is 23.8 Å². The first kappa shape index (κ1) is 13.2. The zero-order valence-electron chi connectivity index (χ0n) is 8.93. The van der Waals surface area contributed by atoms with Crippen LogP contribution < -0.4 is 0 Å². The number of hydrogen-bond acceptors (Lipinski definition) is 0. The summed E-state index contributed by atoms with van der Waals surface area (Å²) in [7, 11) is 0. The highest BCUT2D eigenvalue weighted by Gasteiger charge is 2.33. The fraction of sp³-hybridized carbons (Fsp3) is 0.0769. The van der Waals surface area contributed by atoms with E-state index in [0.29, 0.717) is 16.1 Å². The van der Waals surface area contributed by atoms with Gasteiger partial charge in [0, 0.05) is 10.6 Å². The van der Waals surface area contributed by atoms with Gasteiger partial charge in [0.25, 0.3) is 0 Å². The number of benzene rings is 2. The van der Waals surface area contributed by atoms with Gasteiger partial charge in [0.05, 0.1) is 10.6 Å². The maximum atomic E-state index is 12.7. The lowest BCUT2D eigenvalue weighted by molar-refractivity contribution is -0.137. The van der Waals surface area contributed by atoms with Crippen LogP contribution in [-0.2, 0) is 6.18 Å². The van der Waals surface area contributed by atoms with Crippen LogP contribution in [0.1, 0.15) is 5.56 Å². The van der Waals surface area contributed by atoms with Gasteiger partial charge in [0.2, 0.25) is 0 Å². The summed E-state index contributed by atoms with van der Waals surface area (Å²) >= 11 is 11.5. The molecule has 0 atom stereocenters. The molecule has 0 amide bonds. The topological polar surface area (TPSA) is 0 Å². The Balaban J connectivity index is 2.58. The minimum Gasteiger partial charge on any atom is -0.166 e. The van der Waals surface area contributed by atoms with Gasteiger partial charge in [-0.2, -0.15) is 13.2 Å². The highest BCUT2D eigenvalue weighted by atomic mass is 35.5. The molecule has 0 fully saturated rings. The van der Waals surface area contributed by atoms with Crippen molar-refractivity contribution in [3.05, 3.63) is 58.1 Å². The van der Waals surface area contributed by atoms with Crippen molar-refractivity contribution in [2.24, 2.45) is 0 Å². The summed E-state index contributed by atoms with van der Waals surface area (Å²) in [6, 6.07) is 10.4. The molecule has 0 heterocycles. The first-order valence-electron chi connectivity index (χ1n) is 5.01. The smallest absolute Gasteiger partial charge is 0.166 e. The van der Waals surface area contributed by atoms with Crippen LogP contribution in [0.2, 0.25) is 10.0 Å². The molecule has 0 bridgehead atoms. The van der Waals surface area contributed by atoms with Gasteiger partial charge in [-0.1, -0.05) is 47.5 Å². The average Bonchev–Trinajstić information content (AvgIpc) is 2.29. The van der Waals surface area contributed by atoms with Gasteiger partial charge >= 0.3 is 6.18 Å². The third-order valence-corrected chi connectivity index (χ3v) is 3.12. The van der Waals surface area contributed by atoms with Crippen LogP contribution in [0.25, 0.3) is 11.1 Å². The summed E-state index contributed by atoms with van der Waals surface area (Å²) in [6.45, 7) is 0. The summed E-state index contributed by atoms with van der Waals surface area (Å²) < 4.78 is 38.2. The molecule has 0 aliphatic rings.